The molecule has 2 aromatic carbocycles. The molecule has 5 heteroatoms. The van der Waals surface area contributed by atoms with Crippen LogP contribution in [0.4, 0.5) is 11.4 Å². The first kappa shape index (κ1) is 17.5. The number of para-hydroxylation sites is 2. The lowest BCUT2D eigenvalue weighted by atomic mass is 9.89. The first-order valence-electron chi connectivity index (χ1n) is 9.34. The summed E-state index contributed by atoms with van der Waals surface area (Å²) in [7, 11) is -2.76. The van der Waals surface area contributed by atoms with Gasteiger partial charge in [-0.25, -0.2) is 0 Å². The van der Waals surface area contributed by atoms with Crippen LogP contribution in [-0.2, 0) is 4.79 Å². The molecule has 1 atom stereocenters. The smallest absolute Gasteiger partial charge is 0.168 e. The summed E-state index contributed by atoms with van der Waals surface area (Å²) < 4.78 is 4.39. The van der Waals surface area contributed by atoms with Gasteiger partial charge in [-0.15, -0.1) is 0 Å². The summed E-state index contributed by atoms with van der Waals surface area (Å²) in [6, 6.07) is 20.3. The molecule has 0 bridgehead atoms. The summed E-state index contributed by atoms with van der Waals surface area (Å²) in [6.45, 7) is 3.66. The third-order valence-corrected chi connectivity index (χ3v) is 9.82. The molecule has 1 aliphatic heterocycles. The lowest BCUT2D eigenvalue weighted by Crippen LogP contribution is -2.44. The minimum Gasteiger partial charge on any atom is -0.345 e. The number of hydrogen-bond acceptors (Lipinski definition) is 4. The van der Waals surface area contributed by atoms with Gasteiger partial charge in [-0.1, -0.05) is 43.3 Å². The van der Waals surface area contributed by atoms with E-state index < -0.39 is 12.9 Å². The molecule has 1 saturated heterocycles. The Kier molecular flexibility index (Phi) is 4.50. The Morgan fingerprint density at radius 3 is 1.88 bits per heavy atom. The molecule has 1 unspecified atom stereocenters. The van der Waals surface area contributed by atoms with Crippen molar-refractivity contribution < 1.29 is 9.69 Å². The number of rotatable bonds is 3. The molecular weight excluding hydrogens is 343 g/mol. The number of ketones is 1. The lowest BCUT2D eigenvalue weighted by molar-refractivity contribution is -0.120. The molecule has 26 heavy (non-hydrogen) atoms. The van der Waals surface area contributed by atoms with Crippen LogP contribution in [0.2, 0.25) is 0 Å². The maximum Gasteiger partial charge on any atom is 0.168 e. The first-order valence-corrected chi connectivity index (χ1v) is 11.0. The predicted octanol–water partition coefficient (Wildman–Crippen LogP) is 4.67. The average molecular weight is 369 g/mol. The van der Waals surface area contributed by atoms with Crippen LogP contribution in [0.15, 0.2) is 60.7 Å². The van der Waals surface area contributed by atoms with Gasteiger partial charge in [-0.2, -0.15) is 0 Å². The van der Waals surface area contributed by atoms with E-state index in [1.807, 2.05) is 36.4 Å². The summed E-state index contributed by atoms with van der Waals surface area (Å²) in [5, 5.41) is -0.412. The van der Waals surface area contributed by atoms with Crippen molar-refractivity contribution in [1.82, 2.24) is 0 Å². The molecule has 0 aromatic heterocycles. The van der Waals surface area contributed by atoms with Crippen LogP contribution in [0.3, 0.4) is 0 Å². The molecule has 2 fully saturated rings. The van der Waals surface area contributed by atoms with Crippen molar-refractivity contribution in [3.05, 3.63) is 60.7 Å². The molecule has 1 heterocycles. The highest BCUT2D eigenvalue weighted by Gasteiger charge is 2.58. The number of hydrogen-bond donors (Lipinski definition) is 1. The molecule has 1 saturated carbocycles. The fraction of sp³-hybridized carbons (Fsp3) is 0.381. The molecule has 0 amide bonds. The Balaban J connectivity index is 1.83. The summed E-state index contributed by atoms with van der Waals surface area (Å²) in [4.78, 5) is 24.7. The van der Waals surface area contributed by atoms with Crippen molar-refractivity contribution in [2.24, 2.45) is 0 Å². The summed E-state index contributed by atoms with van der Waals surface area (Å²) in [5.74, 6) is 0.278. The molecule has 4 nitrogen and oxygen atoms in total. The number of anilines is 2. The maximum absolute atomic E-state index is 12.3. The van der Waals surface area contributed by atoms with Crippen LogP contribution in [0, 0.1) is 0 Å². The highest BCUT2D eigenvalue weighted by Crippen LogP contribution is 2.76. The number of benzene rings is 2. The van der Waals surface area contributed by atoms with Gasteiger partial charge in [0.15, 0.2) is 7.79 Å². The molecule has 1 radical (unpaired) electrons. The topological polar surface area (TPSA) is 43.8 Å². The molecule has 2 aliphatic rings. The van der Waals surface area contributed by atoms with E-state index >= 15 is 0 Å². The van der Waals surface area contributed by atoms with Crippen molar-refractivity contribution in [2.45, 2.75) is 37.8 Å². The second kappa shape index (κ2) is 6.68. The molecule has 1 N–H and O–H groups in total. The quantitative estimate of drug-likeness (QED) is 0.799. The monoisotopic (exact) mass is 369 g/mol. The second-order valence-corrected chi connectivity index (χ2v) is 10.7. The van der Waals surface area contributed by atoms with Crippen LogP contribution in [0.5, 0.6) is 0 Å². The summed E-state index contributed by atoms with van der Waals surface area (Å²) in [6.07, 6.45) is 2.86. The Morgan fingerprint density at radius 1 is 0.923 bits per heavy atom. The third-order valence-electron chi connectivity index (χ3n) is 5.78. The van der Waals surface area contributed by atoms with Crippen molar-refractivity contribution >= 4 is 24.9 Å². The predicted molar refractivity (Wildman–Crippen MR) is 109 cm³/mol. The van der Waals surface area contributed by atoms with Gasteiger partial charge >= 0.3 is 0 Å². The number of nitrogens with zero attached hydrogens (tertiary/aromatic N) is 2. The van der Waals surface area contributed by atoms with Crippen LogP contribution < -0.4 is 9.34 Å². The molecule has 1 aliphatic carbocycles. The van der Waals surface area contributed by atoms with E-state index in [9.17, 15) is 9.69 Å². The van der Waals surface area contributed by atoms with E-state index in [0.29, 0.717) is 12.8 Å². The van der Waals surface area contributed by atoms with Gasteiger partial charge in [0.25, 0.3) is 0 Å². The summed E-state index contributed by atoms with van der Waals surface area (Å²) >= 11 is 0. The van der Waals surface area contributed by atoms with E-state index in [1.54, 1.807) is 0 Å². The van der Waals surface area contributed by atoms with E-state index in [0.717, 1.165) is 37.3 Å². The highest BCUT2D eigenvalue weighted by molar-refractivity contribution is 7.75. The van der Waals surface area contributed by atoms with Crippen LogP contribution >= 0.6 is 7.79 Å². The van der Waals surface area contributed by atoms with Gasteiger partial charge in [-0.3, -0.25) is 4.79 Å². The average Bonchev–Trinajstić information content (AvgIpc) is 3.02. The largest absolute Gasteiger partial charge is 0.345 e. The normalized spacial score (nSPS) is 25.5. The van der Waals surface area contributed by atoms with Crippen molar-refractivity contribution in [2.75, 3.05) is 22.4 Å². The maximum atomic E-state index is 12.3. The third kappa shape index (κ3) is 2.72. The zero-order chi connectivity index (χ0) is 18.2. The molecule has 4 rings (SSSR count). The Hall–Kier alpha value is -1.90. The van der Waals surface area contributed by atoms with E-state index in [-0.39, 0.29) is 5.78 Å². The standard InChI is InChI=1S/C21H26N2O2P/c1-21(14-8-13-20(24)17-21)26(25)22(18-9-4-2-5-10-18)15-16-23(26)19-11-6-3-7-12-19/h2-7,9-12,25H,8,13-17H2,1H3. The Bertz CT molecular complexity index is 736. The van der Waals surface area contributed by atoms with E-state index in [1.165, 1.54) is 0 Å². The summed E-state index contributed by atoms with van der Waals surface area (Å²) in [5.41, 5.74) is 2.09. The fourth-order valence-electron chi connectivity index (χ4n) is 4.49. The zero-order valence-corrected chi connectivity index (χ0v) is 16.1. The first-order chi connectivity index (χ1) is 12.5. The van der Waals surface area contributed by atoms with E-state index in [4.69, 9.17) is 0 Å². The van der Waals surface area contributed by atoms with Gasteiger partial charge in [-0.05, 0) is 37.1 Å². The zero-order valence-electron chi connectivity index (χ0n) is 15.2. The van der Waals surface area contributed by atoms with Gasteiger partial charge in [0.1, 0.15) is 5.78 Å². The van der Waals surface area contributed by atoms with Crippen molar-refractivity contribution in [1.29, 1.82) is 0 Å². The number of carbonyl (C=O) groups excluding carboxylic acids is 1. The number of Topliss-reactive ketones (excluding diaryl/α,β-unsaturated/α-hetero) is 1. The lowest BCUT2D eigenvalue weighted by Gasteiger charge is -2.54. The van der Waals surface area contributed by atoms with Gasteiger partial charge in [0.2, 0.25) is 0 Å². The minimum atomic E-state index is -2.76. The minimum absolute atomic E-state index is 0.278. The van der Waals surface area contributed by atoms with Gasteiger partial charge in [0, 0.05) is 42.5 Å². The van der Waals surface area contributed by atoms with E-state index in [2.05, 4.69) is 40.5 Å². The SMILES string of the molecule is CC1([P]2(O)N(c3ccccc3)CCN2c2ccccc2)CCCC(=O)C1. The second-order valence-electron chi connectivity index (χ2n) is 7.55. The molecule has 2 aromatic rings. The van der Waals surface area contributed by atoms with Crippen LogP contribution in [0.1, 0.15) is 32.6 Å². The molecule has 0 spiro atoms. The van der Waals surface area contributed by atoms with Gasteiger partial charge in [0.05, 0.1) is 0 Å². The highest BCUT2D eigenvalue weighted by atomic mass is 31.2. The number of carbonyl (C=O) groups is 1. The molecule has 137 valence electrons. The Labute approximate surface area is 156 Å². The van der Waals surface area contributed by atoms with Crippen LogP contribution in [0.25, 0.3) is 0 Å². The molecular formula is C21H26N2O2P. The van der Waals surface area contributed by atoms with Crippen LogP contribution in [-0.4, -0.2) is 28.9 Å². The van der Waals surface area contributed by atoms with Gasteiger partial charge < -0.3 is 14.2 Å². The van der Waals surface area contributed by atoms with Crippen molar-refractivity contribution in [3.8, 4) is 0 Å². The Morgan fingerprint density at radius 2 is 1.42 bits per heavy atom. The van der Waals surface area contributed by atoms with Crippen molar-refractivity contribution in [3.63, 3.8) is 0 Å². The fourth-order valence-corrected chi connectivity index (χ4v) is 8.41.